The Morgan fingerprint density at radius 3 is 2.42 bits per heavy atom. The first-order chi connectivity index (χ1) is 5.67. The molecule has 0 aromatic carbocycles. The molecule has 1 N–H and O–H groups in total. The maximum Gasteiger partial charge on any atom is 0.253 e. The van der Waals surface area contributed by atoms with Gasteiger partial charge in [0.05, 0.1) is 0 Å². The van der Waals surface area contributed by atoms with Gasteiger partial charge in [0.25, 0.3) is 5.92 Å². The molecule has 1 heterocycles. The van der Waals surface area contributed by atoms with Gasteiger partial charge in [-0.3, -0.25) is 0 Å². The van der Waals surface area contributed by atoms with Crippen LogP contribution >= 0.6 is 0 Å². The molecule has 1 aliphatic heterocycles. The van der Waals surface area contributed by atoms with E-state index in [0.717, 1.165) is 0 Å². The zero-order chi connectivity index (χ0) is 9.03. The molecular formula is C8H14F2O2. The average molecular weight is 180 g/mol. The quantitative estimate of drug-likeness (QED) is 0.712. The maximum absolute atomic E-state index is 13.1. The molecule has 0 amide bonds. The molecule has 72 valence electrons. The molecule has 0 saturated carbocycles. The third kappa shape index (κ3) is 2.38. The fourth-order valence-corrected chi connectivity index (χ4v) is 1.47. The summed E-state index contributed by atoms with van der Waals surface area (Å²) >= 11 is 0. The van der Waals surface area contributed by atoms with Crippen molar-refractivity contribution in [1.29, 1.82) is 0 Å². The number of ether oxygens (including phenoxy) is 1. The van der Waals surface area contributed by atoms with Crippen molar-refractivity contribution in [2.24, 2.45) is 5.92 Å². The van der Waals surface area contributed by atoms with E-state index >= 15 is 0 Å². The highest BCUT2D eigenvalue weighted by Gasteiger charge is 2.39. The summed E-state index contributed by atoms with van der Waals surface area (Å²) in [7, 11) is 0. The van der Waals surface area contributed by atoms with Gasteiger partial charge in [0.1, 0.15) is 0 Å². The lowest BCUT2D eigenvalue weighted by Crippen LogP contribution is -2.34. The van der Waals surface area contributed by atoms with Gasteiger partial charge in [0.15, 0.2) is 0 Å². The number of hydrogen-bond acceptors (Lipinski definition) is 2. The van der Waals surface area contributed by atoms with Gasteiger partial charge < -0.3 is 9.84 Å². The van der Waals surface area contributed by atoms with Gasteiger partial charge in [0, 0.05) is 32.2 Å². The predicted molar refractivity (Wildman–Crippen MR) is 40.2 cm³/mol. The van der Waals surface area contributed by atoms with Crippen molar-refractivity contribution in [2.75, 3.05) is 19.8 Å². The lowest BCUT2D eigenvalue weighted by atomic mass is 9.91. The molecule has 1 saturated heterocycles. The lowest BCUT2D eigenvalue weighted by Gasteiger charge is -2.29. The predicted octanol–water partition coefficient (Wildman–Crippen LogP) is 1.43. The van der Waals surface area contributed by atoms with Crippen LogP contribution in [0.25, 0.3) is 0 Å². The highest BCUT2D eigenvalue weighted by Crippen LogP contribution is 2.34. The monoisotopic (exact) mass is 180 g/mol. The van der Waals surface area contributed by atoms with Crippen molar-refractivity contribution in [3.05, 3.63) is 0 Å². The van der Waals surface area contributed by atoms with Crippen LogP contribution in [0.5, 0.6) is 0 Å². The summed E-state index contributed by atoms with van der Waals surface area (Å²) in [6.07, 6.45) is 0.400. The summed E-state index contributed by atoms with van der Waals surface area (Å²) < 4.78 is 31.2. The molecule has 0 spiro atoms. The molecule has 0 aromatic heterocycles. The van der Waals surface area contributed by atoms with Crippen LogP contribution in [0.1, 0.15) is 19.3 Å². The van der Waals surface area contributed by atoms with Crippen LogP contribution in [0.15, 0.2) is 0 Å². The Labute approximate surface area is 70.5 Å². The number of rotatable bonds is 3. The molecule has 0 aromatic rings. The van der Waals surface area contributed by atoms with Gasteiger partial charge in [-0.25, -0.2) is 8.78 Å². The number of halogens is 2. The molecular weight excluding hydrogens is 166 g/mol. The van der Waals surface area contributed by atoms with Gasteiger partial charge >= 0.3 is 0 Å². The summed E-state index contributed by atoms with van der Waals surface area (Å²) in [5.74, 6) is -3.31. The standard InChI is InChI=1S/C8H14F2O2/c9-8(10,3-4-11)7-1-5-12-6-2-7/h7,11H,1-6H2. The fraction of sp³-hybridized carbons (Fsp3) is 1.00. The van der Waals surface area contributed by atoms with E-state index in [2.05, 4.69) is 0 Å². The SMILES string of the molecule is OCCC(F)(F)C1CCOCC1. The summed E-state index contributed by atoms with van der Waals surface area (Å²) in [5.41, 5.74) is 0. The van der Waals surface area contributed by atoms with Crippen LogP contribution in [-0.2, 0) is 4.74 Å². The normalized spacial score (nSPS) is 21.2. The summed E-state index contributed by atoms with van der Waals surface area (Å²) in [4.78, 5) is 0. The summed E-state index contributed by atoms with van der Waals surface area (Å²) in [6, 6.07) is 0. The minimum Gasteiger partial charge on any atom is -0.396 e. The molecule has 0 unspecified atom stereocenters. The van der Waals surface area contributed by atoms with Gasteiger partial charge in [0.2, 0.25) is 0 Å². The second-order valence-electron chi connectivity index (χ2n) is 3.12. The van der Waals surface area contributed by atoms with E-state index in [-0.39, 0.29) is 0 Å². The molecule has 0 aliphatic carbocycles. The van der Waals surface area contributed by atoms with Crippen molar-refractivity contribution in [3.8, 4) is 0 Å². The van der Waals surface area contributed by atoms with E-state index in [1.54, 1.807) is 0 Å². The minimum atomic E-state index is -2.71. The highest BCUT2D eigenvalue weighted by molar-refractivity contribution is 4.78. The third-order valence-corrected chi connectivity index (χ3v) is 2.26. The second kappa shape index (κ2) is 4.14. The highest BCUT2D eigenvalue weighted by atomic mass is 19.3. The minimum absolute atomic E-state index is 0.410. The third-order valence-electron chi connectivity index (χ3n) is 2.26. The Kier molecular flexibility index (Phi) is 3.40. The summed E-state index contributed by atoms with van der Waals surface area (Å²) in [6.45, 7) is 0.404. The zero-order valence-corrected chi connectivity index (χ0v) is 6.93. The van der Waals surface area contributed by atoms with Crippen LogP contribution in [0.2, 0.25) is 0 Å². The lowest BCUT2D eigenvalue weighted by molar-refractivity contribution is -0.107. The first-order valence-corrected chi connectivity index (χ1v) is 4.23. The Hall–Kier alpha value is -0.220. The molecule has 2 nitrogen and oxygen atoms in total. The smallest absolute Gasteiger partial charge is 0.253 e. The van der Waals surface area contributed by atoms with E-state index in [1.165, 1.54) is 0 Å². The van der Waals surface area contributed by atoms with Crippen LogP contribution in [-0.4, -0.2) is 30.8 Å². The Morgan fingerprint density at radius 1 is 1.33 bits per heavy atom. The van der Waals surface area contributed by atoms with Crippen LogP contribution in [0.4, 0.5) is 8.78 Å². The number of aliphatic hydroxyl groups excluding tert-OH is 1. The fourth-order valence-electron chi connectivity index (χ4n) is 1.47. The van der Waals surface area contributed by atoms with Gasteiger partial charge in [-0.1, -0.05) is 0 Å². The summed E-state index contributed by atoms with van der Waals surface area (Å²) in [5, 5.41) is 8.42. The van der Waals surface area contributed by atoms with Crippen molar-refractivity contribution in [1.82, 2.24) is 0 Å². The van der Waals surface area contributed by atoms with Crippen LogP contribution < -0.4 is 0 Å². The molecule has 0 bridgehead atoms. The Morgan fingerprint density at radius 2 is 1.92 bits per heavy atom. The molecule has 1 rings (SSSR count). The number of alkyl halides is 2. The molecule has 1 fully saturated rings. The first kappa shape index (κ1) is 9.86. The molecule has 0 atom stereocenters. The van der Waals surface area contributed by atoms with Crippen molar-refractivity contribution >= 4 is 0 Å². The average Bonchev–Trinajstić information content (AvgIpc) is 2.06. The van der Waals surface area contributed by atoms with Gasteiger partial charge in [-0.2, -0.15) is 0 Å². The van der Waals surface area contributed by atoms with E-state index < -0.39 is 24.9 Å². The largest absolute Gasteiger partial charge is 0.396 e. The topological polar surface area (TPSA) is 29.5 Å². The Balaban J connectivity index is 2.41. The molecule has 12 heavy (non-hydrogen) atoms. The molecule has 4 heteroatoms. The van der Waals surface area contributed by atoms with Crippen molar-refractivity contribution < 1.29 is 18.6 Å². The Bertz CT molecular complexity index is 133. The number of aliphatic hydroxyl groups is 1. The first-order valence-electron chi connectivity index (χ1n) is 4.23. The zero-order valence-electron chi connectivity index (χ0n) is 6.93. The number of hydrogen-bond donors (Lipinski definition) is 1. The maximum atomic E-state index is 13.1. The second-order valence-corrected chi connectivity index (χ2v) is 3.12. The van der Waals surface area contributed by atoms with E-state index in [1.807, 2.05) is 0 Å². The van der Waals surface area contributed by atoms with Crippen LogP contribution in [0.3, 0.4) is 0 Å². The van der Waals surface area contributed by atoms with E-state index in [0.29, 0.717) is 26.1 Å². The van der Waals surface area contributed by atoms with E-state index in [4.69, 9.17) is 9.84 Å². The van der Waals surface area contributed by atoms with Crippen molar-refractivity contribution in [3.63, 3.8) is 0 Å². The van der Waals surface area contributed by atoms with Crippen molar-refractivity contribution in [2.45, 2.75) is 25.2 Å². The van der Waals surface area contributed by atoms with Gasteiger partial charge in [-0.15, -0.1) is 0 Å². The molecule has 1 aliphatic rings. The molecule has 0 radical (unpaired) electrons. The van der Waals surface area contributed by atoms with Crippen LogP contribution in [0, 0.1) is 5.92 Å². The van der Waals surface area contributed by atoms with E-state index in [9.17, 15) is 8.78 Å². The van der Waals surface area contributed by atoms with Gasteiger partial charge in [-0.05, 0) is 12.8 Å².